The number of sulfone groups is 1. The van der Waals surface area contributed by atoms with Crippen LogP contribution in [0.3, 0.4) is 0 Å². The van der Waals surface area contributed by atoms with E-state index in [1.807, 2.05) is 0 Å². The molecular weight excluding hydrogens is 342 g/mol. The second-order valence-electron chi connectivity index (χ2n) is 5.78. The van der Waals surface area contributed by atoms with Crippen LogP contribution in [0, 0.1) is 5.92 Å². The van der Waals surface area contributed by atoms with Crippen LogP contribution in [0.1, 0.15) is 36.0 Å². The van der Waals surface area contributed by atoms with Crippen molar-refractivity contribution in [3.63, 3.8) is 0 Å². The number of carboxylic acids is 1. The summed E-state index contributed by atoms with van der Waals surface area (Å²) in [6.45, 7) is 0. The molecule has 1 aliphatic rings. The van der Waals surface area contributed by atoms with E-state index in [0.29, 0.717) is 25.7 Å². The lowest BCUT2D eigenvalue weighted by molar-refractivity contribution is -0.142. The summed E-state index contributed by atoms with van der Waals surface area (Å²) in [4.78, 5) is 23.1. The maximum atomic E-state index is 12.3. The van der Waals surface area contributed by atoms with E-state index >= 15 is 0 Å². The summed E-state index contributed by atoms with van der Waals surface area (Å²) in [5, 5.41) is 11.9. The minimum atomic E-state index is -3.52. The van der Waals surface area contributed by atoms with Crippen molar-refractivity contribution in [1.29, 1.82) is 0 Å². The number of aliphatic carboxylic acids is 1. The molecule has 0 heterocycles. The second kappa shape index (κ2) is 6.88. The largest absolute Gasteiger partial charge is 0.481 e. The molecule has 0 radical (unpaired) electrons. The van der Waals surface area contributed by atoms with Crippen LogP contribution in [0.25, 0.3) is 0 Å². The number of amides is 1. The minimum Gasteiger partial charge on any atom is -0.481 e. The van der Waals surface area contributed by atoms with Gasteiger partial charge < -0.3 is 10.4 Å². The summed E-state index contributed by atoms with van der Waals surface area (Å²) >= 11 is 5.86. The van der Waals surface area contributed by atoms with Crippen LogP contribution in [0.15, 0.2) is 23.1 Å². The number of hydrogen-bond acceptors (Lipinski definition) is 4. The van der Waals surface area contributed by atoms with Gasteiger partial charge in [-0.25, -0.2) is 8.42 Å². The summed E-state index contributed by atoms with van der Waals surface area (Å²) in [7, 11) is -3.52. The molecule has 1 fully saturated rings. The van der Waals surface area contributed by atoms with E-state index in [0.717, 1.165) is 6.26 Å². The molecule has 0 bridgehead atoms. The van der Waals surface area contributed by atoms with Gasteiger partial charge in [0.2, 0.25) is 0 Å². The smallest absolute Gasteiger partial charge is 0.306 e. The average molecular weight is 360 g/mol. The molecular formula is C15H18ClNO5S. The van der Waals surface area contributed by atoms with Gasteiger partial charge in [-0.2, -0.15) is 0 Å². The van der Waals surface area contributed by atoms with Gasteiger partial charge in [-0.05, 0) is 43.9 Å². The Balaban J connectivity index is 2.06. The Hall–Kier alpha value is -1.60. The molecule has 0 spiro atoms. The molecule has 0 saturated heterocycles. The molecule has 0 aromatic heterocycles. The third-order valence-electron chi connectivity index (χ3n) is 4.00. The highest BCUT2D eigenvalue weighted by Crippen LogP contribution is 2.26. The monoisotopic (exact) mass is 359 g/mol. The Morgan fingerprint density at radius 1 is 1.22 bits per heavy atom. The van der Waals surface area contributed by atoms with Gasteiger partial charge in [-0.1, -0.05) is 11.6 Å². The normalized spacial score (nSPS) is 21.7. The fourth-order valence-corrected chi connectivity index (χ4v) is 3.98. The number of hydrogen-bond donors (Lipinski definition) is 2. The summed E-state index contributed by atoms with van der Waals surface area (Å²) in [6, 6.07) is 4.01. The predicted octanol–water partition coefficient (Wildman–Crippen LogP) is 2.12. The van der Waals surface area contributed by atoms with Gasteiger partial charge in [0.05, 0.1) is 15.8 Å². The molecule has 6 nitrogen and oxygen atoms in total. The van der Waals surface area contributed by atoms with Crippen LogP contribution in [0.4, 0.5) is 0 Å². The van der Waals surface area contributed by atoms with Crippen LogP contribution in [-0.4, -0.2) is 37.7 Å². The van der Waals surface area contributed by atoms with Crippen LogP contribution in [0.2, 0.25) is 5.02 Å². The van der Waals surface area contributed by atoms with E-state index in [1.54, 1.807) is 0 Å². The van der Waals surface area contributed by atoms with Gasteiger partial charge in [0.25, 0.3) is 5.91 Å². The van der Waals surface area contributed by atoms with E-state index in [2.05, 4.69) is 5.32 Å². The first-order valence-corrected chi connectivity index (χ1v) is 9.48. The van der Waals surface area contributed by atoms with Gasteiger partial charge in [0.1, 0.15) is 0 Å². The van der Waals surface area contributed by atoms with E-state index in [-0.39, 0.29) is 33.3 Å². The highest BCUT2D eigenvalue weighted by atomic mass is 35.5. The van der Waals surface area contributed by atoms with Gasteiger partial charge in [-0.3, -0.25) is 9.59 Å². The SMILES string of the molecule is CS(=O)(=O)c1cc(C(=O)NC2CCC(C(=O)O)CC2)ccc1Cl. The summed E-state index contributed by atoms with van der Waals surface area (Å²) in [5.74, 6) is -1.54. The molecule has 1 saturated carbocycles. The maximum absolute atomic E-state index is 12.3. The Labute approximate surface area is 139 Å². The second-order valence-corrected chi connectivity index (χ2v) is 8.17. The van der Waals surface area contributed by atoms with Crippen LogP contribution in [0.5, 0.6) is 0 Å². The number of carboxylic acid groups (broad SMARTS) is 1. The zero-order valence-corrected chi connectivity index (χ0v) is 14.2. The fraction of sp³-hybridized carbons (Fsp3) is 0.467. The first kappa shape index (κ1) is 17.7. The topological polar surface area (TPSA) is 101 Å². The van der Waals surface area contributed by atoms with Gasteiger partial charge in [-0.15, -0.1) is 0 Å². The first-order chi connectivity index (χ1) is 10.7. The molecule has 0 atom stereocenters. The first-order valence-electron chi connectivity index (χ1n) is 7.21. The van der Waals surface area contributed by atoms with E-state index in [1.165, 1.54) is 18.2 Å². The number of nitrogens with one attached hydrogen (secondary N) is 1. The maximum Gasteiger partial charge on any atom is 0.306 e. The number of halogens is 1. The summed E-state index contributed by atoms with van der Waals surface area (Å²) in [5.41, 5.74) is 0.218. The molecule has 0 unspecified atom stereocenters. The molecule has 8 heteroatoms. The molecule has 0 aliphatic heterocycles. The zero-order chi connectivity index (χ0) is 17.2. The average Bonchev–Trinajstić information content (AvgIpc) is 2.47. The lowest BCUT2D eigenvalue weighted by atomic mass is 9.86. The van der Waals surface area contributed by atoms with Crippen molar-refractivity contribution >= 4 is 33.3 Å². The van der Waals surface area contributed by atoms with Gasteiger partial charge in [0, 0.05) is 17.9 Å². The minimum absolute atomic E-state index is 0.0750. The van der Waals surface area contributed by atoms with Crippen LogP contribution >= 0.6 is 11.6 Å². The number of benzene rings is 1. The fourth-order valence-electron chi connectivity index (χ4n) is 2.68. The molecule has 126 valence electrons. The van der Waals surface area contributed by atoms with Crippen LogP contribution in [-0.2, 0) is 14.6 Å². The van der Waals surface area contributed by atoms with Crippen molar-refractivity contribution in [2.45, 2.75) is 36.6 Å². The summed E-state index contributed by atoms with van der Waals surface area (Å²) < 4.78 is 23.3. The Kier molecular flexibility index (Phi) is 5.31. The van der Waals surface area contributed by atoms with Crippen molar-refractivity contribution in [1.82, 2.24) is 5.32 Å². The highest BCUT2D eigenvalue weighted by Gasteiger charge is 2.27. The summed E-state index contributed by atoms with van der Waals surface area (Å²) in [6.07, 6.45) is 3.26. The third kappa shape index (κ3) is 4.45. The lowest BCUT2D eigenvalue weighted by Crippen LogP contribution is -2.38. The Morgan fingerprint density at radius 2 is 1.83 bits per heavy atom. The Morgan fingerprint density at radius 3 is 2.35 bits per heavy atom. The van der Waals surface area contributed by atoms with Crippen molar-refractivity contribution < 1.29 is 23.1 Å². The van der Waals surface area contributed by atoms with Crippen LogP contribution < -0.4 is 5.32 Å². The quantitative estimate of drug-likeness (QED) is 0.857. The van der Waals surface area contributed by atoms with Crippen molar-refractivity contribution in [3.05, 3.63) is 28.8 Å². The predicted molar refractivity (Wildman–Crippen MR) is 85.4 cm³/mol. The number of carbonyl (C=O) groups is 2. The number of rotatable bonds is 4. The lowest BCUT2D eigenvalue weighted by Gasteiger charge is -2.26. The number of carbonyl (C=O) groups excluding carboxylic acids is 1. The molecule has 1 aromatic rings. The molecule has 23 heavy (non-hydrogen) atoms. The highest BCUT2D eigenvalue weighted by molar-refractivity contribution is 7.90. The van der Waals surface area contributed by atoms with E-state index < -0.39 is 15.8 Å². The van der Waals surface area contributed by atoms with Crippen molar-refractivity contribution in [2.75, 3.05) is 6.26 Å². The molecule has 1 amide bonds. The van der Waals surface area contributed by atoms with Crippen molar-refractivity contribution in [3.8, 4) is 0 Å². The van der Waals surface area contributed by atoms with Crippen molar-refractivity contribution in [2.24, 2.45) is 5.92 Å². The Bertz CT molecular complexity index is 723. The van der Waals surface area contributed by atoms with Gasteiger partial charge in [0.15, 0.2) is 9.84 Å². The molecule has 2 rings (SSSR count). The van der Waals surface area contributed by atoms with Gasteiger partial charge >= 0.3 is 5.97 Å². The van der Waals surface area contributed by atoms with E-state index in [4.69, 9.17) is 16.7 Å². The molecule has 1 aliphatic carbocycles. The van der Waals surface area contributed by atoms with E-state index in [9.17, 15) is 18.0 Å². The molecule has 1 aromatic carbocycles. The molecule has 2 N–H and O–H groups in total. The standard InChI is InChI=1S/C15H18ClNO5S/c1-23(21,22)13-8-10(4-7-12(13)16)14(18)17-11-5-2-9(3-6-11)15(19)20/h4,7-9,11H,2-3,5-6H2,1H3,(H,17,18)(H,19,20). The zero-order valence-electron chi connectivity index (χ0n) is 12.6. The third-order valence-corrected chi connectivity index (χ3v) is 5.58.